The van der Waals surface area contributed by atoms with Crippen molar-refractivity contribution in [1.29, 1.82) is 0 Å². The Morgan fingerprint density at radius 2 is 2.19 bits per heavy atom. The van der Waals surface area contributed by atoms with Gasteiger partial charge in [0.2, 0.25) is 5.91 Å². The molecular weight excluding hydrogens is 266 g/mol. The molecule has 1 aromatic carbocycles. The van der Waals surface area contributed by atoms with Crippen molar-refractivity contribution in [3.05, 3.63) is 35.4 Å². The zero-order chi connectivity index (χ0) is 15.2. The van der Waals surface area contributed by atoms with Gasteiger partial charge in [0, 0.05) is 25.4 Å². The molecule has 114 valence electrons. The normalized spacial score (nSPS) is 15.0. The monoisotopic (exact) mass is 289 g/mol. The number of aryl methyl sites for hydroxylation is 2. The van der Waals surface area contributed by atoms with Crippen LogP contribution in [0.4, 0.5) is 0 Å². The van der Waals surface area contributed by atoms with Gasteiger partial charge in [-0.1, -0.05) is 35.0 Å². The summed E-state index contributed by atoms with van der Waals surface area (Å²) in [6.07, 6.45) is 3.81. The highest BCUT2D eigenvalue weighted by atomic mass is 16.4. The van der Waals surface area contributed by atoms with Crippen molar-refractivity contribution < 1.29 is 10.0 Å². The van der Waals surface area contributed by atoms with Crippen molar-refractivity contribution in [2.45, 2.75) is 45.1 Å². The standard InChI is InChI=1S/C16H23N3O2/c1-12-3-2-4-13(11-12)5-8-16(20)19(14-6-7-14)10-9-15(17)18-21/h2-4,11,14,21H,5-10H2,1H3,(H2,17,18). The molecule has 1 saturated carbocycles. The highest BCUT2D eigenvalue weighted by Gasteiger charge is 2.31. The van der Waals surface area contributed by atoms with E-state index in [9.17, 15) is 4.79 Å². The summed E-state index contributed by atoms with van der Waals surface area (Å²) >= 11 is 0. The number of nitrogens with two attached hydrogens (primary N) is 1. The maximum absolute atomic E-state index is 12.4. The molecule has 5 heteroatoms. The lowest BCUT2D eigenvalue weighted by Gasteiger charge is -2.22. The SMILES string of the molecule is Cc1cccc(CCC(=O)N(CCC(N)=NO)C2CC2)c1. The highest BCUT2D eigenvalue weighted by Crippen LogP contribution is 2.27. The van der Waals surface area contributed by atoms with Gasteiger partial charge in [-0.2, -0.15) is 0 Å². The second-order valence-corrected chi connectivity index (χ2v) is 5.65. The van der Waals surface area contributed by atoms with E-state index in [0.717, 1.165) is 19.3 Å². The number of amides is 1. The van der Waals surface area contributed by atoms with Gasteiger partial charge in [0.15, 0.2) is 0 Å². The Bertz CT molecular complexity index is 524. The quantitative estimate of drug-likeness (QED) is 0.349. The van der Waals surface area contributed by atoms with Crippen molar-refractivity contribution in [2.24, 2.45) is 10.9 Å². The van der Waals surface area contributed by atoms with Crippen LogP contribution < -0.4 is 5.73 Å². The lowest BCUT2D eigenvalue weighted by molar-refractivity contribution is -0.131. The number of oxime groups is 1. The van der Waals surface area contributed by atoms with Crippen LogP contribution in [0.15, 0.2) is 29.4 Å². The Balaban J connectivity index is 1.87. The molecule has 1 aliphatic rings. The lowest BCUT2D eigenvalue weighted by Crippen LogP contribution is -2.36. The first-order chi connectivity index (χ1) is 10.1. The van der Waals surface area contributed by atoms with Gasteiger partial charge in [0.05, 0.1) is 0 Å². The Labute approximate surface area is 125 Å². The minimum absolute atomic E-state index is 0.157. The second kappa shape index (κ2) is 7.11. The number of carbonyl (C=O) groups is 1. The number of hydrogen-bond donors (Lipinski definition) is 2. The van der Waals surface area contributed by atoms with E-state index in [2.05, 4.69) is 30.3 Å². The van der Waals surface area contributed by atoms with Crippen LogP contribution in [0.3, 0.4) is 0 Å². The predicted octanol–water partition coefficient (Wildman–Crippen LogP) is 2.06. The maximum atomic E-state index is 12.4. The van der Waals surface area contributed by atoms with Crippen LogP contribution in [0.2, 0.25) is 0 Å². The number of carbonyl (C=O) groups excluding carboxylic acids is 1. The van der Waals surface area contributed by atoms with E-state index < -0.39 is 0 Å². The molecule has 0 aliphatic heterocycles. The van der Waals surface area contributed by atoms with Crippen molar-refractivity contribution in [2.75, 3.05) is 6.54 Å². The van der Waals surface area contributed by atoms with Crippen LogP contribution in [0.1, 0.15) is 36.8 Å². The van der Waals surface area contributed by atoms with E-state index in [1.54, 1.807) is 0 Å². The number of amidine groups is 1. The molecule has 0 heterocycles. The molecule has 0 aromatic heterocycles. The summed E-state index contributed by atoms with van der Waals surface area (Å²) in [4.78, 5) is 14.2. The number of rotatable bonds is 7. The van der Waals surface area contributed by atoms with Crippen molar-refractivity contribution in [3.63, 3.8) is 0 Å². The van der Waals surface area contributed by atoms with Crippen LogP contribution in [0.25, 0.3) is 0 Å². The Hall–Kier alpha value is -2.04. The smallest absolute Gasteiger partial charge is 0.223 e. The van der Waals surface area contributed by atoms with Gasteiger partial charge in [-0.05, 0) is 31.7 Å². The van der Waals surface area contributed by atoms with E-state index >= 15 is 0 Å². The third kappa shape index (κ3) is 4.77. The Morgan fingerprint density at radius 1 is 1.43 bits per heavy atom. The summed E-state index contributed by atoms with van der Waals surface area (Å²) in [6.45, 7) is 2.59. The van der Waals surface area contributed by atoms with Gasteiger partial charge < -0.3 is 15.8 Å². The Morgan fingerprint density at radius 3 is 2.81 bits per heavy atom. The maximum Gasteiger partial charge on any atom is 0.223 e. The van der Waals surface area contributed by atoms with Gasteiger partial charge in [-0.15, -0.1) is 0 Å². The topological polar surface area (TPSA) is 78.9 Å². The summed E-state index contributed by atoms with van der Waals surface area (Å²) in [5.74, 6) is 0.330. The van der Waals surface area contributed by atoms with Crippen molar-refractivity contribution in [3.8, 4) is 0 Å². The molecule has 0 spiro atoms. The van der Waals surface area contributed by atoms with E-state index in [1.165, 1.54) is 11.1 Å². The molecule has 0 saturated heterocycles. The van der Waals surface area contributed by atoms with E-state index in [4.69, 9.17) is 10.9 Å². The van der Waals surface area contributed by atoms with E-state index in [0.29, 0.717) is 25.4 Å². The summed E-state index contributed by atoms with van der Waals surface area (Å²) in [6, 6.07) is 8.59. The van der Waals surface area contributed by atoms with Gasteiger partial charge in [-0.25, -0.2) is 0 Å². The fraction of sp³-hybridized carbons (Fsp3) is 0.500. The fourth-order valence-corrected chi connectivity index (χ4v) is 2.44. The number of nitrogens with zero attached hydrogens (tertiary/aromatic N) is 2. The van der Waals surface area contributed by atoms with Gasteiger partial charge in [0.25, 0.3) is 0 Å². The first-order valence-electron chi connectivity index (χ1n) is 7.41. The largest absolute Gasteiger partial charge is 0.409 e. The van der Waals surface area contributed by atoms with Crippen LogP contribution >= 0.6 is 0 Å². The summed E-state index contributed by atoms with van der Waals surface area (Å²) in [7, 11) is 0. The lowest BCUT2D eigenvalue weighted by atomic mass is 10.1. The predicted molar refractivity (Wildman–Crippen MR) is 82.3 cm³/mol. The minimum atomic E-state index is 0.157. The molecule has 3 N–H and O–H groups in total. The molecule has 0 radical (unpaired) electrons. The van der Waals surface area contributed by atoms with Gasteiger partial charge in [0.1, 0.15) is 5.84 Å². The number of hydrogen-bond acceptors (Lipinski definition) is 3. The van der Waals surface area contributed by atoms with Gasteiger partial charge in [-0.3, -0.25) is 4.79 Å². The molecule has 1 aliphatic carbocycles. The van der Waals surface area contributed by atoms with Crippen LogP contribution in [0.5, 0.6) is 0 Å². The highest BCUT2D eigenvalue weighted by molar-refractivity contribution is 5.81. The third-order valence-corrected chi connectivity index (χ3v) is 3.76. The molecule has 1 fully saturated rings. The molecule has 2 rings (SSSR count). The van der Waals surface area contributed by atoms with Crippen LogP contribution in [0, 0.1) is 6.92 Å². The molecule has 0 bridgehead atoms. The number of benzene rings is 1. The molecule has 1 aromatic rings. The van der Waals surface area contributed by atoms with Gasteiger partial charge >= 0.3 is 0 Å². The van der Waals surface area contributed by atoms with E-state index in [-0.39, 0.29) is 11.7 Å². The molecular formula is C16H23N3O2. The minimum Gasteiger partial charge on any atom is -0.409 e. The zero-order valence-electron chi connectivity index (χ0n) is 12.5. The summed E-state index contributed by atoms with van der Waals surface area (Å²) < 4.78 is 0. The molecule has 0 unspecified atom stereocenters. The van der Waals surface area contributed by atoms with Crippen LogP contribution in [-0.4, -0.2) is 34.4 Å². The van der Waals surface area contributed by atoms with Crippen molar-refractivity contribution >= 4 is 11.7 Å². The molecule has 1 amide bonds. The summed E-state index contributed by atoms with van der Waals surface area (Å²) in [5, 5.41) is 11.5. The molecule has 5 nitrogen and oxygen atoms in total. The molecule has 0 atom stereocenters. The van der Waals surface area contributed by atoms with Crippen molar-refractivity contribution in [1.82, 2.24) is 4.90 Å². The Kier molecular flexibility index (Phi) is 5.20. The second-order valence-electron chi connectivity index (χ2n) is 5.65. The average molecular weight is 289 g/mol. The molecule has 21 heavy (non-hydrogen) atoms. The van der Waals surface area contributed by atoms with E-state index in [1.807, 2.05) is 11.0 Å². The third-order valence-electron chi connectivity index (χ3n) is 3.76. The first kappa shape index (κ1) is 15.4. The van der Waals surface area contributed by atoms with Crippen LogP contribution in [-0.2, 0) is 11.2 Å². The summed E-state index contributed by atoms with van der Waals surface area (Å²) in [5.41, 5.74) is 7.89. The zero-order valence-corrected chi connectivity index (χ0v) is 12.5. The average Bonchev–Trinajstić information content (AvgIpc) is 3.30. The fourth-order valence-electron chi connectivity index (χ4n) is 2.44. The first-order valence-corrected chi connectivity index (χ1v) is 7.41.